The van der Waals surface area contributed by atoms with E-state index < -0.39 is 5.60 Å². The Bertz CT molecular complexity index is 254. The molecule has 100 valence electrons. The van der Waals surface area contributed by atoms with Gasteiger partial charge < -0.3 is 14.8 Å². The van der Waals surface area contributed by atoms with Crippen LogP contribution in [0.1, 0.15) is 47.5 Å². The van der Waals surface area contributed by atoms with Crippen LogP contribution in [0.4, 0.5) is 0 Å². The van der Waals surface area contributed by atoms with Crippen LogP contribution in [0.3, 0.4) is 0 Å². The highest BCUT2D eigenvalue weighted by atomic mass is 16.6. The topological polar surface area (TPSA) is 47.6 Å². The van der Waals surface area contributed by atoms with Crippen LogP contribution in [0.2, 0.25) is 0 Å². The van der Waals surface area contributed by atoms with Crippen LogP contribution in [0.5, 0.6) is 0 Å². The van der Waals surface area contributed by atoms with Crippen LogP contribution < -0.4 is 5.32 Å². The molecule has 4 nitrogen and oxygen atoms in total. The molecule has 1 aliphatic rings. The number of esters is 1. The summed E-state index contributed by atoms with van der Waals surface area (Å²) < 4.78 is 10.8. The third-order valence-corrected chi connectivity index (χ3v) is 2.74. The third kappa shape index (κ3) is 5.04. The summed E-state index contributed by atoms with van der Waals surface area (Å²) in [4.78, 5) is 11.7. The standard InChI is InChI=1S/C13H25NO3/c1-6-16-11-7-10(8-11)14-9(2)12(15)17-13(3,4)5/h9-11,14H,6-8H2,1-5H3. The van der Waals surface area contributed by atoms with Crippen LogP contribution in [0.25, 0.3) is 0 Å². The van der Waals surface area contributed by atoms with E-state index in [0.29, 0.717) is 12.1 Å². The summed E-state index contributed by atoms with van der Waals surface area (Å²) in [5, 5.41) is 3.27. The minimum absolute atomic E-state index is 0.183. The second-order valence-electron chi connectivity index (χ2n) is 5.67. The molecule has 1 fully saturated rings. The molecule has 17 heavy (non-hydrogen) atoms. The van der Waals surface area contributed by atoms with Crippen LogP contribution in [-0.4, -0.2) is 36.4 Å². The number of hydrogen-bond acceptors (Lipinski definition) is 4. The van der Waals surface area contributed by atoms with Gasteiger partial charge in [-0.25, -0.2) is 0 Å². The first-order chi connectivity index (χ1) is 7.81. The summed E-state index contributed by atoms with van der Waals surface area (Å²) in [5.41, 5.74) is -0.416. The third-order valence-electron chi connectivity index (χ3n) is 2.74. The van der Waals surface area contributed by atoms with Crippen molar-refractivity contribution in [1.82, 2.24) is 5.32 Å². The average Bonchev–Trinajstić information content (AvgIpc) is 2.11. The lowest BCUT2D eigenvalue weighted by atomic mass is 9.88. The van der Waals surface area contributed by atoms with Gasteiger partial charge in [0.1, 0.15) is 11.6 Å². The van der Waals surface area contributed by atoms with Crippen molar-refractivity contribution in [3.63, 3.8) is 0 Å². The number of nitrogens with one attached hydrogen (secondary N) is 1. The lowest BCUT2D eigenvalue weighted by molar-refractivity contribution is -0.157. The first-order valence-corrected chi connectivity index (χ1v) is 6.42. The van der Waals surface area contributed by atoms with Crippen molar-refractivity contribution < 1.29 is 14.3 Å². The quantitative estimate of drug-likeness (QED) is 0.749. The van der Waals surface area contributed by atoms with Gasteiger partial charge in [-0.05, 0) is 47.5 Å². The van der Waals surface area contributed by atoms with Crippen molar-refractivity contribution in [2.45, 2.75) is 71.2 Å². The molecule has 0 radical (unpaired) electrons. The van der Waals surface area contributed by atoms with Crippen LogP contribution in [0, 0.1) is 0 Å². The van der Waals surface area contributed by atoms with Gasteiger partial charge in [0.25, 0.3) is 0 Å². The summed E-state index contributed by atoms with van der Waals surface area (Å²) in [6.45, 7) is 10.3. The first-order valence-electron chi connectivity index (χ1n) is 6.42. The first kappa shape index (κ1) is 14.5. The zero-order valence-corrected chi connectivity index (χ0v) is 11.6. The zero-order chi connectivity index (χ0) is 13.1. The molecule has 0 heterocycles. The van der Waals surface area contributed by atoms with E-state index in [0.717, 1.165) is 19.4 Å². The average molecular weight is 243 g/mol. The van der Waals surface area contributed by atoms with Gasteiger partial charge in [-0.15, -0.1) is 0 Å². The van der Waals surface area contributed by atoms with E-state index >= 15 is 0 Å². The molecule has 1 aliphatic carbocycles. The highest BCUT2D eigenvalue weighted by molar-refractivity contribution is 5.75. The van der Waals surface area contributed by atoms with Crippen molar-refractivity contribution in [3.05, 3.63) is 0 Å². The summed E-state index contributed by atoms with van der Waals surface area (Å²) in [7, 11) is 0. The molecule has 0 amide bonds. The van der Waals surface area contributed by atoms with Gasteiger partial charge >= 0.3 is 5.97 Å². The lowest BCUT2D eigenvalue weighted by Gasteiger charge is -2.37. The monoisotopic (exact) mass is 243 g/mol. The predicted octanol–water partition coefficient (Wildman–Crippen LogP) is 1.87. The van der Waals surface area contributed by atoms with E-state index in [4.69, 9.17) is 9.47 Å². The van der Waals surface area contributed by atoms with E-state index in [1.54, 1.807) is 0 Å². The zero-order valence-electron chi connectivity index (χ0n) is 11.6. The van der Waals surface area contributed by atoms with Gasteiger partial charge in [0, 0.05) is 12.6 Å². The molecule has 1 unspecified atom stereocenters. The molecule has 0 saturated heterocycles. The summed E-state index contributed by atoms with van der Waals surface area (Å²) in [6, 6.07) is 0.135. The smallest absolute Gasteiger partial charge is 0.323 e. The van der Waals surface area contributed by atoms with Gasteiger partial charge in [0.2, 0.25) is 0 Å². The molecule has 0 aromatic heterocycles. The molecule has 1 atom stereocenters. The molecule has 0 bridgehead atoms. The minimum Gasteiger partial charge on any atom is -0.459 e. The van der Waals surface area contributed by atoms with E-state index in [-0.39, 0.29) is 12.0 Å². The second-order valence-corrected chi connectivity index (χ2v) is 5.67. The number of rotatable bonds is 5. The number of carbonyl (C=O) groups excluding carboxylic acids is 1. The molecule has 1 rings (SSSR count). The predicted molar refractivity (Wildman–Crippen MR) is 66.9 cm³/mol. The van der Waals surface area contributed by atoms with Gasteiger partial charge in [-0.1, -0.05) is 0 Å². The molecule has 0 spiro atoms. The Morgan fingerprint density at radius 1 is 1.41 bits per heavy atom. The van der Waals surface area contributed by atoms with E-state index in [2.05, 4.69) is 5.32 Å². The lowest BCUT2D eigenvalue weighted by Crippen LogP contribution is -2.51. The fraction of sp³-hybridized carbons (Fsp3) is 0.923. The normalized spacial score (nSPS) is 26.2. The van der Waals surface area contributed by atoms with Crippen molar-refractivity contribution in [1.29, 1.82) is 0 Å². The minimum atomic E-state index is -0.416. The Kier molecular flexibility index (Phi) is 4.95. The molecule has 0 aromatic carbocycles. The molecular weight excluding hydrogens is 218 g/mol. The Hall–Kier alpha value is -0.610. The van der Waals surface area contributed by atoms with Gasteiger partial charge in [-0.2, -0.15) is 0 Å². The van der Waals surface area contributed by atoms with Crippen molar-refractivity contribution >= 4 is 5.97 Å². The Balaban J connectivity index is 2.22. The highest BCUT2D eigenvalue weighted by Gasteiger charge is 2.32. The largest absolute Gasteiger partial charge is 0.459 e. The number of ether oxygens (including phenoxy) is 2. The van der Waals surface area contributed by atoms with Gasteiger partial charge in [0.05, 0.1) is 6.10 Å². The fourth-order valence-corrected chi connectivity index (χ4v) is 1.89. The fourth-order valence-electron chi connectivity index (χ4n) is 1.89. The number of hydrogen-bond donors (Lipinski definition) is 1. The summed E-state index contributed by atoms with van der Waals surface area (Å²) >= 11 is 0. The van der Waals surface area contributed by atoms with E-state index in [1.165, 1.54) is 0 Å². The van der Waals surface area contributed by atoms with Crippen LogP contribution in [0.15, 0.2) is 0 Å². The highest BCUT2D eigenvalue weighted by Crippen LogP contribution is 2.23. The maximum atomic E-state index is 11.7. The SMILES string of the molecule is CCOC1CC(NC(C)C(=O)OC(C)(C)C)C1. The maximum absolute atomic E-state index is 11.7. The Morgan fingerprint density at radius 3 is 2.47 bits per heavy atom. The Morgan fingerprint density at radius 2 is 2.00 bits per heavy atom. The van der Waals surface area contributed by atoms with Crippen molar-refractivity contribution in [2.24, 2.45) is 0 Å². The molecule has 0 aromatic rings. The molecule has 4 heteroatoms. The van der Waals surface area contributed by atoms with Crippen molar-refractivity contribution in [2.75, 3.05) is 6.61 Å². The van der Waals surface area contributed by atoms with Crippen LogP contribution >= 0.6 is 0 Å². The van der Waals surface area contributed by atoms with Gasteiger partial charge in [0.15, 0.2) is 0 Å². The molecule has 1 saturated carbocycles. The number of carbonyl (C=O) groups is 1. The van der Waals surface area contributed by atoms with Crippen molar-refractivity contribution in [3.8, 4) is 0 Å². The second kappa shape index (κ2) is 5.83. The summed E-state index contributed by atoms with van der Waals surface area (Å²) in [5.74, 6) is -0.183. The molecular formula is C13H25NO3. The van der Waals surface area contributed by atoms with Gasteiger partial charge in [-0.3, -0.25) is 4.79 Å². The molecule has 1 N–H and O–H groups in total. The van der Waals surface area contributed by atoms with E-state index in [1.807, 2.05) is 34.6 Å². The van der Waals surface area contributed by atoms with Crippen LogP contribution in [-0.2, 0) is 14.3 Å². The summed E-state index contributed by atoms with van der Waals surface area (Å²) in [6.07, 6.45) is 2.34. The maximum Gasteiger partial charge on any atom is 0.323 e. The molecule has 0 aliphatic heterocycles. The van der Waals surface area contributed by atoms with E-state index in [9.17, 15) is 4.79 Å². The Labute approximate surface area is 104 Å².